The maximum atomic E-state index is 13.1. The van der Waals surface area contributed by atoms with Crippen molar-refractivity contribution in [2.45, 2.75) is 6.10 Å². The summed E-state index contributed by atoms with van der Waals surface area (Å²) in [4.78, 5) is 16.4. The SMILES string of the molecule is Cn1cc(-c2nc(C(=O)NC[C@H](O)c3cccc(F)c3)cs2)cn1. The van der Waals surface area contributed by atoms with Crippen molar-refractivity contribution in [3.63, 3.8) is 0 Å². The van der Waals surface area contributed by atoms with E-state index in [1.54, 1.807) is 29.4 Å². The first kappa shape index (κ1) is 16.3. The zero-order chi connectivity index (χ0) is 17.1. The van der Waals surface area contributed by atoms with E-state index in [1.807, 2.05) is 6.20 Å². The lowest BCUT2D eigenvalue weighted by molar-refractivity contribution is 0.0912. The van der Waals surface area contributed by atoms with Crippen molar-refractivity contribution in [1.82, 2.24) is 20.1 Å². The number of aromatic nitrogens is 3. The van der Waals surface area contributed by atoms with Crippen LogP contribution in [0.25, 0.3) is 10.6 Å². The number of carbonyl (C=O) groups excluding carboxylic acids is 1. The average molecular weight is 346 g/mol. The van der Waals surface area contributed by atoms with E-state index in [4.69, 9.17) is 0 Å². The molecular weight excluding hydrogens is 331 g/mol. The Morgan fingerprint density at radius 1 is 1.50 bits per heavy atom. The number of hydrogen-bond donors (Lipinski definition) is 2. The third-order valence-electron chi connectivity index (χ3n) is 3.38. The molecule has 1 atom stereocenters. The summed E-state index contributed by atoms with van der Waals surface area (Å²) in [5, 5.41) is 19.0. The smallest absolute Gasteiger partial charge is 0.270 e. The molecule has 0 fully saturated rings. The zero-order valence-electron chi connectivity index (χ0n) is 12.8. The van der Waals surface area contributed by atoms with Gasteiger partial charge in [-0.15, -0.1) is 11.3 Å². The van der Waals surface area contributed by atoms with E-state index in [0.29, 0.717) is 10.6 Å². The second kappa shape index (κ2) is 6.90. The van der Waals surface area contributed by atoms with Gasteiger partial charge in [-0.3, -0.25) is 9.48 Å². The number of benzene rings is 1. The fourth-order valence-electron chi connectivity index (χ4n) is 2.15. The number of carbonyl (C=O) groups is 1. The quantitative estimate of drug-likeness (QED) is 0.742. The van der Waals surface area contributed by atoms with Crippen LogP contribution in [0, 0.1) is 5.82 Å². The number of halogens is 1. The van der Waals surface area contributed by atoms with Crippen molar-refractivity contribution in [2.75, 3.05) is 6.54 Å². The summed E-state index contributed by atoms with van der Waals surface area (Å²) in [5.41, 5.74) is 1.51. The molecule has 124 valence electrons. The van der Waals surface area contributed by atoms with Crippen molar-refractivity contribution in [3.8, 4) is 10.6 Å². The van der Waals surface area contributed by atoms with Crippen molar-refractivity contribution in [3.05, 3.63) is 59.1 Å². The van der Waals surface area contributed by atoms with Crippen LogP contribution in [0.4, 0.5) is 4.39 Å². The second-order valence-electron chi connectivity index (χ2n) is 5.22. The Morgan fingerprint density at radius 2 is 2.33 bits per heavy atom. The molecule has 0 saturated carbocycles. The van der Waals surface area contributed by atoms with Gasteiger partial charge < -0.3 is 10.4 Å². The van der Waals surface area contributed by atoms with Crippen LogP contribution in [0.2, 0.25) is 0 Å². The van der Waals surface area contributed by atoms with Crippen LogP contribution in [0.1, 0.15) is 22.2 Å². The van der Waals surface area contributed by atoms with Crippen LogP contribution in [-0.2, 0) is 7.05 Å². The summed E-state index contributed by atoms with van der Waals surface area (Å²) in [6.07, 6.45) is 2.50. The van der Waals surface area contributed by atoms with Gasteiger partial charge in [0.25, 0.3) is 5.91 Å². The predicted octanol–water partition coefficient (Wildman–Crippen LogP) is 2.15. The van der Waals surface area contributed by atoms with E-state index >= 15 is 0 Å². The molecule has 0 aliphatic carbocycles. The van der Waals surface area contributed by atoms with Gasteiger partial charge in [-0.05, 0) is 17.7 Å². The number of aryl methyl sites for hydroxylation is 1. The Labute approximate surface area is 141 Å². The molecule has 6 nitrogen and oxygen atoms in total. The monoisotopic (exact) mass is 346 g/mol. The summed E-state index contributed by atoms with van der Waals surface area (Å²) in [7, 11) is 1.80. The Morgan fingerprint density at radius 3 is 3.04 bits per heavy atom. The highest BCUT2D eigenvalue weighted by Gasteiger charge is 2.15. The number of rotatable bonds is 5. The fraction of sp³-hybridized carbons (Fsp3) is 0.188. The van der Waals surface area contributed by atoms with Gasteiger partial charge >= 0.3 is 0 Å². The van der Waals surface area contributed by atoms with Crippen molar-refractivity contribution >= 4 is 17.2 Å². The summed E-state index contributed by atoms with van der Waals surface area (Å²) < 4.78 is 14.8. The average Bonchev–Trinajstić information content (AvgIpc) is 3.21. The van der Waals surface area contributed by atoms with Gasteiger partial charge in [0.1, 0.15) is 16.5 Å². The molecule has 0 aliphatic rings. The lowest BCUT2D eigenvalue weighted by Gasteiger charge is -2.11. The van der Waals surface area contributed by atoms with Gasteiger partial charge in [-0.2, -0.15) is 5.10 Å². The minimum Gasteiger partial charge on any atom is -0.387 e. The zero-order valence-corrected chi connectivity index (χ0v) is 13.6. The molecule has 3 rings (SSSR count). The van der Waals surface area contributed by atoms with Crippen LogP contribution < -0.4 is 5.32 Å². The van der Waals surface area contributed by atoms with E-state index in [0.717, 1.165) is 5.56 Å². The molecule has 24 heavy (non-hydrogen) atoms. The van der Waals surface area contributed by atoms with E-state index < -0.39 is 17.8 Å². The van der Waals surface area contributed by atoms with Gasteiger partial charge in [-0.1, -0.05) is 12.1 Å². The largest absolute Gasteiger partial charge is 0.387 e. The van der Waals surface area contributed by atoms with E-state index in [2.05, 4.69) is 15.4 Å². The number of aliphatic hydroxyl groups is 1. The summed E-state index contributed by atoms with van der Waals surface area (Å²) in [5.74, 6) is -0.824. The molecule has 2 heterocycles. The molecule has 1 aromatic carbocycles. The topological polar surface area (TPSA) is 80.0 Å². The fourth-order valence-corrected chi connectivity index (χ4v) is 2.93. The molecule has 0 radical (unpaired) electrons. The minimum atomic E-state index is -0.985. The lowest BCUT2D eigenvalue weighted by Crippen LogP contribution is -2.28. The number of thiazole rings is 1. The number of aliphatic hydroxyl groups excluding tert-OH is 1. The summed E-state index contributed by atoms with van der Waals surface area (Å²) in [6, 6.07) is 5.64. The van der Waals surface area contributed by atoms with Crippen molar-refractivity contribution in [2.24, 2.45) is 7.05 Å². The van der Waals surface area contributed by atoms with Gasteiger partial charge in [-0.25, -0.2) is 9.37 Å². The Bertz CT molecular complexity index is 861. The Kier molecular flexibility index (Phi) is 4.68. The summed E-state index contributed by atoms with van der Waals surface area (Å²) >= 11 is 1.34. The van der Waals surface area contributed by atoms with E-state index in [-0.39, 0.29) is 12.2 Å². The Balaban J connectivity index is 1.62. The van der Waals surface area contributed by atoms with Crippen LogP contribution in [-0.4, -0.2) is 32.3 Å². The number of hydrogen-bond acceptors (Lipinski definition) is 5. The van der Waals surface area contributed by atoms with E-state index in [9.17, 15) is 14.3 Å². The standard InChI is InChI=1S/C16H15FN4O2S/c1-21-8-11(6-19-21)16-20-13(9-24-16)15(23)18-7-14(22)10-3-2-4-12(17)5-10/h2-6,8-9,14,22H,7H2,1H3,(H,18,23)/t14-/m0/s1. The highest BCUT2D eigenvalue weighted by molar-refractivity contribution is 7.13. The van der Waals surface area contributed by atoms with Gasteiger partial charge in [0, 0.05) is 30.7 Å². The van der Waals surface area contributed by atoms with Crippen molar-refractivity contribution in [1.29, 1.82) is 0 Å². The molecule has 0 spiro atoms. The predicted molar refractivity (Wildman–Crippen MR) is 88.0 cm³/mol. The van der Waals surface area contributed by atoms with Crippen LogP contribution in [0.5, 0.6) is 0 Å². The van der Waals surface area contributed by atoms with E-state index in [1.165, 1.54) is 29.5 Å². The molecule has 0 bridgehead atoms. The van der Waals surface area contributed by atoms with Crippen molar-refractivity contribution < 1.29 is 14.3 Å². The highest BCUT2D eigenvalue weighted by atomic mass is 32.1. The van der Waals surface area contributed by atoms with Gasteiger partial charge in [0.15, 0.2) is 0 Å². The molecule has 8 heteroatoms. The lowest BCUT2D eigenvalue weighted by atomic mass is 10.1. The Hall–Kier alpha value is -2.58. The highest BCUT2D eigenvalue weighted by Crippen LogP contribution is 2.23. The molecule has 0 saturated heterocycles. The second-order valence-corrected chi connectivity index (χ2v) is 6.08. The first-order chi connectivity index (χ1) is 11.5. The molecule has 3 aromatic rings. The molecular formula is C16H15FN4O2S. The number of nitrogens with zero attached hydrogens (tertiary/aromatic N) is 3. The first-order valence-corrected chi connectivity index (χ1v) is 8.07. The molecule has 2 aromatic heterocycles. The third kappa shape index (κ3) is 3.66. The first-order valence-electron chi connectivity index (χ1n) is 7.19. The molecule has 1 amide bonds. The minimum absolute atomic E-state index is 0.0258. The van der Waals surface area contributed by atoms with Crippen LogP contribution in [0.15, 0.2) is 42.0 Å². The molecule has 2 N–H and O–H groups in total. The van der Waals surface area contributed by atoms with Crippen LogP contribution in [0.3, 0.4) is 0 Å². The normalized spacial score (nSPS) is 12.1. The molecule has 0 unspecified atom stereocenters. The number of nitrogens with one attached hydrogen (secondary N) is 1. The summed E-state index contributed by atoms with van der Waals surface area (Å²) in [6.45, 7) is -0.0258. The molecule has 0 aliphatic heterocycles. The van der Waals surface area contributed by atoms with Crippen LogP contribution >= 0.6 is 11.3 Å². The third-order valence-corrected chi connectivity index (χ3v) is 4.27. The maximum Gasteiger partial charge on any atom is 0.270 e. The maximum absolute atomic E-state index is 13.1. The van der Waals surface area contributed by atoms with Gasteiger partial charge in [0.05, 0.1) is 12.3 Å². The number of amides is 1. The van der Waals surface area contributed by atoms with Gasteiger partial charge in [0.2, 0.25) is 0 Å².